The molecule has 2 nitrogen and oxygen atoms in total. The minimum atomic E-state index is -0.459. The van der Waals surface area contributed by atoms with E-state index >= 15 is 0 Å². The highest BCUT2D eigenvalue weighted by Crippen LogP contribution is 2.16. The van der Waals surface area contributed by atoms with Crippen molar-refractivity contribution in [1.29, 1.82) is 5.26 Å². The van der Waals surface area contributed by atoms with Gasteiger partial charge in [-0.3, -0.25) is 0 Å². The molecule has 1 aromatic carbocycles. The van der Waals surface area contributed by atoms with E-state index in [1.54, 1.807) is 0 Å². The first-order valence-electron chi connectivity index (χ1n) is 4.59. The van der Waals surface area contributed by atoms with Gasteiger partial charge in [-0.25, -0.2) is 4.39 Å². The highest BCUT2D eigenvalue weighted by Gasteiger charge is 2.01. The van der Waals surface area contributed by atoms with E-state index in [1.165, 1.54) is 18.2 Å². The van der Waals surface area contributed by atoms with Gasteiger partial charge in [0, 0.05) is 12.5 Å². The van der Waals surface area contributed by atoms with Gasteiger partial charge in [0.1, 0.15) is 11.6 Å². The zero-order valence-corrected chi connectivity index (χ0v) is 8.59. The van der Waals surface area contributed by atoms with Crippen LogP contribution in [0.4, 0.5) is 4.39 Å². The first-order chi connectivity index (χ1) is 7.11. The largest absolute Gasteiger partial charge is 0.493 e. The highest BCUT2D eigenvalue weighted by molar-refractivity contribution is 5.37. The molecule has 0 saturated carbocycles. The van der Waals surface area contributed by atoms with Gasteiger partial charge in [0.25, 0.3) is 0 Å². The first kappa shape index (κ1) is 11.3. The molecule has 78 valence electrons. The zero-order valence-electron chi connectivity index (χ0n) is 8.59. The minimum absolute atomic E-state index is 0.264. The summed E-state index contributed by atoms with van der Waals surface area (Å²) in [5, 5.41) is 8.61. The molecule has 0 aliphatic heterocycles. The molecule has 0 heterocycles. The molecule has 0 aliphatic rings. The monoisotopic (exact) mass is 205 g/mol. The maximum Gasteiger partial charge on any atom is 0.128 e. The van der Waals surface area contributed by atoms with E-state index in [4.69, 9.17) is 10.00 Å². The molecule has 0 spiro atoms. The topological polar surface area (TPSA) is 33.0 Å². The van der Waals surface area contributed by atoms with Gasteiger partial charge in [-0.05, 0) is 19.1 Å². The molecule has 0 fully saturated rings. The summed E-state index contributed by atoms with van der Waals surface area (Å²) in [6.45, 7) is 6.08. The average molecular weight is 205 g/mol. The van der Waals surface area contributed by atoms with Crippen molar-refractivity contribution in [2.75, 3.05) is 6.61 Å². The van der Waals surface area contributed by atoms with E-state index < -0.39 is 5.82 Å². The predicted molar refractivity (Wildman–Crippen MR) is 56.0 cm³/mol. The Hall–Kier alpha value is -1.82. The van der Waals surface area contributed by atoms with Crippen LogP contribution in [0.25, 0.3) is 0 Å². The molecule has 1 rings (SSSR count). The second-order valence-electron chi connectivity index (χ2n) is 3.34. The molecule has 0 saturated heterocycles. The third-order valence-corrected chi connectivity index (χ3v) is 1.80. The number of hydrogen-bond acceptors (Lipinski definition) is 2. The van der Waals surface area contributed by atoms with Crippen LogP contribution in [-0.4, -0.2) is 6.61 Å². The fraction of sp³-hybridized carbons (Fsp3) is 0.250. The Bertz CT molecular complexity index is 407. The maximum atomic E-state index is 13.0. The fourth-order valence-corrected chi connectivity index (χ4v) is 1.05. The van der Waals surface area contributed by atoms with Crippen molar-refractivity contribution in [3.8, 4) is 11.8 Å². The van der Waals surface area contributed by atoms with Crippen LogP contribution in [0.5, 0.6) is 5.75 Å². The zero-order chi connectivity index (χ0) is 11.3. The molecule has 0 atom stereocenters. The number of ether oxygens (including phenoxy) is 1. The lowest BCUT2D eigenvalue weighted by molar-refractivity contribution is 0.320. The first-order valence-corrected chi connectivity index (χ1v) is 4.59. The third kappa shape index (κ3) is 3.82. The number of halogens is 1. The summed E-state index contributed by atoms with van der Waals surface area (Å²) in [5.74, 6) is -0.0767. The SMILES string of the molecule is C=C(C)CCOc1cc(F)cc(C#N)c1. The summed E-state index contributed by atoms with van der Waals surface area (Å²) >= 11 is 0. The molecule has 0 unspecified atom stereocenters. The average Bonchev–Trinajstić information content (AvgIpc) is 2.16. The molecule has 0 amide bonds. The van der Waals surface area contributed by atoms with Gasteiger partial charge < -0.3 is 4.74 Å². The van der Waals surface area contributed by atoms with Crippen molar-refractivity contribution in [3.05, 3.63) is 41.7 Å². The number of rotatable bonds is 4. The molecule has 0 aromatic heterocycles. The van der Waals surface area contributed by atoms with Crippen LogP contribution in [0, 0.1) is 17.1 Å². The summed E-state index contributed by atoms with van der Waals surface area (Å²) < 4.78 is 18.2. The van der Waals surface area contributed by atoms with E-state index in [2.05, 4.69) is 6.58 Å². The van der Waals surface area contributed by atoms with Gasteiger partial charge in [0.2, 0.25) is 0 Å². The van der Waals surface area contributed by atoms with Crippen LogP contribution >= 0.6 is 0 Å². The Kier molecular flexibility index (Phi) is 3.87. The molecule has 0 N–H and O–H groups in total. The molecule has 15 heavy (non-hydrogen) atoms. The van der Waals surface area contributed by atoms with Crippen LogP contribution in [-0.2, 0) is 0 Å². The van der Waals surface area contributed by atoms with Crippen LogP contribution in [0.2, 0.25) is 0 Å². The number of nitriles is 1. The number of benzene rings is 1. The summed E-state index contributed by atoms with van der Waals surface area (Å²) in [4.78, 5) is 0. The van der Waals surface area contributed by atoms with Crippen LogP contribution in [0.15, 0.2) is 30.4 Å². The smallest absolute Gasteiger partial charge is 0.128 e. The highest BCUT2D eigenvalue weighted by atomic mass is 19.1. The minimum Gasteiger partial charge on any atom is -0.493 e. The van der Waals surface area contributed by atoms with E-state index in [0.717, 1.165) is 12.0 Å². The van der Waals surface area contributed by atoms with Gasteiger partial charge in [0.15, 0.2) is 0 Å². The molecule has 3 heteroatoms. The molecule has 1 aromatic rings. The van der Waals surface area contributed by atoms with Crippen molar-refractivity contribution >= 4 is 0 Å². The Balaban J connectivity index is 2.65. The molecule has 0 radical (unpaired) electrons. The van der Waals surface area contributed by atoms with Crippen molar-refractivity contribution in [1.82, 2.24) is 0 Å². The second-order valence-corrected chi connectivity index (χ2v) is 3.34. The van der Waals surface area contributed by atoms with Crippen LogP contribution < -0.4 is 4.74 Å². The lowest BCUT2D eigenvalue weighted by atomic mass is 10.2. The molecular weight excluding hydrogens is 193 g/mol. The van der Waals surface area contributed by atoms with E-state index in [1.807, 2.05) is 13.0 Å². The van der Waals surface area contributed by atoms with Crippen LogP contribution in [0.3, 0.4) is 0 Å². The van der Waals surface area contributed by atoms with Crippen LogP contribution in [0.1, 0.15) is 18.9 Å². The lowest BCUT2D eigenvalue weighted by Crippen LogP contribution is -1.98. The van der Waals surface area contributed by atoms with Crippen molar-refractivity contribution in [2.24, 2.45) is 0 Å². The Morgan fingerprint density at radius 2 is 2.27 bits per heavy atom. The standard InChI is InChI=1S/C12H12FNO/c1-9(2)3-4-15-12-6-10(8-14)5-11(13)7-12/h5-7H,1,3-4H2,2H3. The Morgan fingerprint density at radius 3 is 2.87 bits per heavy atom. The van der Waals surface area contributed by atoms with Crippen molar-refractivity contribution in [2.45, 2.75) is 13.3 Å². The lowest BCUT2D eigenvalue weighted by Gasteiger charge is -2.06. The summed E-state index contributed by atoms with van der Waals surface area (Å²) in [6, 6.07) is 5.82. The second kappa shape index (κ2) is 5.16. The predicted octanol–water partition coefficient (Wildman–Crippen LogP) is 3.04. The van der Waals surface area contributed by atoms with Gasteiger partial charge >= 0.3 is 0 Å². The maximum absolute atomic E-state index is 13.0. The van der Waals surface area contributed by atoms with Crippen molar-refractivity contribution < 1.29 is 9.13 Å². The third-order valence-electron chi connectivity index (χ3n) is 1.80. The number of hydrogen-bond donors (Lipinski definition) is 0. The molecule has 0 bridgehead atoms. The van der Waals surface area contributed by atoms with Gasteiger partial charge in [0.05, 0.1) is 18.2 Å². The number of nitrogens with zero attached hydrogens (tertiary/aromatic N) is 1. The molecule has 0 aliphatic carbocycles. The van der Waals surface area contributed by atoms with E-state index in [9.17, 15) is 4.39 Å². The Morgan fingerprint density at radius 1 is 1.53 bits per heavy atom. The summed E-state index contributed by atoms with van der Waals surface area (Å²) in [6.07, 6.45) is 0.721. The fourth-order valence-electron chi connectivity index (χ4n) is 1.05. The molecular formula is C12H12FNO. The van der Waals surface area contributed by atoms with E-state index in [-0.39, 0.29) is 5.56 Å². The van der Waals surface area contributed by atoms with Gasteiger partial charge in [-0.15, -0.1) is 6.58 Å². The van der Waals surface area contributed by atoms with Gasteiger partial charge in [-0.1, -0.05) is 5.57 Å². The normalized spacial score (nSPS) is 9.40. The van der Waals surface area contributed by atoms with E-state index in [0.29, 0.717) is 12.4 Å². The van der Waals surface area contributed by atoms with Crippen molar-refractivity contribution in [3.63, 3.8) is 0 Å². The summed E-state index contributed by atoms with van der Waals surface area (Å²) in [5.41, 5.74) is 1.27. The summed E-state index contributed by atoms with van der Waals surface area (Å²) in [7, 11) is 0. The quantitative estimate of drug-likeness (QED) is 0.708. The van der Waals surface area contributed by atoms with Gasteiger partial charge in [-0.2, -0.15) is 5.26 Å². The Labute approximate surface area is 88.6 Å².